The Morgan fingerprint density at radius 1 is 1.42 bits per heavy atom. The van der Waals surface area contributed by atoms with E-state index in [2.05, 4.69) is 5.32 Å². The summed E-state index contributed by atoms with van der Waals surface area (Å²) in [6.45, 7) is 1.47. The first kappa shape index (κ1) is 9.31. The maximum atomic E-state index is 10.6. The maximum Gasteiger partial charge on any atom is 0.221 e. The number of hydrogen-bond donors (Lipinski definition) is 1. The number of carbonyl (C=O) groups excluding carboxylic acids is 1. The first-order valence-electron chi connectivity index (χ1n) is 3.38. The van der Waals surface area contributed by atoms with E-state index in [1.54, 1.807) is 47.3 Å². The second kappa shape index (κ2) is 4.30. The molecule has 4 heteroatoms. The average molecular weight is 277 g/mol. The molecule has 3 nitrogen and oxygen atoms in total. The fourth-order valence-electron chi connectivity index (χ4n) is 0.793. The van der Waals surface area contributed by atoms with E-state index in [1.807, 2.05) is 0 Å². The second-order valence-electron chi connectivity index (χ2n) is 2.28. The second-order valence-corrected chi connectivity index (χ2v) is 2.72. The minimum Gasteiger partial charge on any atom is -0.428 e. The number of nitrogens with one attached hydrogen (secondary N) is 1. The summed E-state index contributed by atoms with van der Waals surface area (Å²) in [7, 11) is 0. The Morgan fingerprint density at radius 2 is 2.00 bits per heavy atom. The van der Waals surface area contributed by atoms with Gasteiger partial charge in [0.2, 0.25) is 5.91 Å². The Bertz CT molecular complexity index is 271. The van der Waals surface area contributed by atoms with Gasteiger partial charge in [0.05, 0.1) is 0 Å². The fourth-order valence-corrected chi connectivity index (χ4v) is 1.09. The molecule has 0 saturated heterocycles. The molecule has 12 heavy (non-hydrogen) atoms. The van der Waals surface area contributed by atoms with Crippen molar-refractivity contribution in [3.8, 4) is 5.75 Å². The predicted octanol–water partition coefficient (Wildman–Crippen LogP) is 2.37. The van der Waals surface area contributed by atoms with Gasteiger partial charge in [0.1, 0.15) is 5.75 Å². The summed E-state index contributed by atoms with van der Waals surface area (Å²) in [6, 6.07) is 7.15. The zero-order valence-electron chi connectivity index (χ0n) is 6.50. The van der Waals surface area contributed by atoms with Gasteiger partial charge < -0.3 is 8.38 Å². The van der Waals surface area contributed by atoms with Gasteiger partial charge in [-0.25, -0.2) is 0 Å². The molecular weight excluding hydrogens is 269 g/mol. The van der Waals surface area contributed by atoms with Crippen LogP contribution in [0.25, 0.3) is 0 Å². The SMILES string of the molecule is CC(=O)Nc1ccc(OI)cc1. The highest BCUT2D eigenvalue weighted by Gasteiger charge is 1.95. The summed E-state index contributed by atoms with van der Waals surface area (Å²) < 4.78 is 4.93. The van der Waals surface area contributed by atoms with Crippen molar-refractivity contribution in [3.05, 3.63) is 24.3 Å². The van der Waals surface area contributed by atoms with E-state index in [0.717, 1.165) is 11.4 Å². The Balaban J connectivity index is 2.71. The summed E-state index contributed by atoms with van der Waals surface area (Å²) in [5, 5.41) is 2.66. The molecule has 1 amide bonds. The van der Waals surface area contributed by atoms with Crippen LogP contribution in [0.15, 0.2) is 24.3 Å². The molecule has 1 aromatic carbocycles. The zero-order chi connectivity index (χ0) is 8.97. The van der Waals surface area contributed by atoms with E-state index < -0.39 is 0 Å². The van der Waals surface area contributed by atoms with E-state index in [4.69, 9.17) is 3.07 Å². The van der Waals surface area contributed by atoms with Gasteiger partial charge in [-0.05, 0) is 24.3 Å². The van der Waals surface area contributed by atoms with Crippen LogP contribution in [-0.2, 0) is 4.79 Å². The summed E-state index contributed by atoms with van der Waals surface area (Å²) in [5.74, 6) is 0.697. The van der Waals surface area contributed by atoms with E-state index >= 15 is 0 Å². The Hall–Kier alpha value is -0.780. The Kier molecular flexibility index (Phi) is 3.33. The molecule has 0 spiro atoms. The van der Waals surface area contributed by atoms with Crippen molar-refractivity contribution in [1.29, 1.82) is 0 Å². The lowest BCUT2D eigenvalue weighted by molar-refractivity contribution is -0.114. The van der Waals surface area contributed by atoms with E-state index in [-0.39, 0.29) is 5.91 Å². The zero-order valence-corrected chi connectivity index (χ0v) is 8.66. The number of benzene rings is 1. The molecule has 1 rings (SSSR count). The lowest BCUT2D eigenvalue weighted by atomic mass is 10.3. The molecule has 0 unspecified atom stereocenters. The number of halogens is 1. The van der Waals surface area contributed by atoms with Crippen LogP contribution in [-0.4, -0.2) is 5.91 Å². The van der Waals surface area contributed by atoms with Crippen molar-refractivity contribution in [2.75, 3.05) is 5.32 Å². The summed E-state index contributed by atoms with van der Waals surface area (Å²) in [5.41, 5.74) is 0.778. The van der Waals surface area contributed by atoms with Crippen LogP contribution in [0.3, 0.4) is 0 Å². The molecule has 0 heterocycles. The highest BCUT2D eigenvalue weighted by atomic mass is 127. The molecule has 1 N–H and O–H groups in total. The third-order valence-corrected chi connectivity index (χ3v) is 1.77. The number of rotatable bonds is 2. The third kappa shape index (κ3) is 2.69. The summed E-state index contributed by atoms with van der Waals surface area (Å²) >= 11 is 1.80. The molecule has 0 aliphatic rings. The molecule has 0 aliphatic heterocycles. The Morgan fingerprint density at radius 3 is 2.42 bits per heavy atom. The van der Waals surface area contributed by atoms with Crippen molar-refractivity contribution in [3.63, 3.8) is 0 Å². The molecule has 0 radical (unpaired) electrons. The smallest absolute Gasteiger partial charge is 0.221 e. The molecule has 64 valence electrons. The van der Waals surface area contributed by atoms with Gasteiger partial charge in [-0.3, -0.25) is 4.79 Å². The molecule has 0 saturated carbocycles. The van der Waals surface area contributed by atoms with Gasteiger partial charge in [0.15, 0.2) is 23.0 Å². The van der Waals surface area contributed by atoms with Gasteiger partial charge in [0, 0.05) is 12.6 Å². The molecule has 0 aromatic heterocycles. The van der Waals surface area contributed by atoms with E-state index in [0.29, 0.717) is 0 Å². The van der Waals surface area contributed by atoms with Gasteiger partial charge >= 0.3 is 0 Å². The number of anilines is 1. The van der Waals surface area contributed by atoms with Crippen molar-refractivity contribution < 1.29 is 7.86 Å². The third-order valence-electron chi connectivity index (χ3n) is 1.26. The van der Waals surface area contributed by atoms with Crippen LogP contribution in [0.2, 0.25) is 0 Å². The first-order chi connectivity index (χ1) is 5.72. The average Bonchev–Trinajstić information content (AvgIpc) is 2.05. The maximum absolute atomic E-state index is 10.6. The van der Waals surface area contributed by atoms with Gasteiger partial charge in [-0.1, -0.05) is 0 Å². The molecule has 0 bridgehead atoms. The normalized spacial score (nSPS) is 9.17. The molecule has 1 aromatic rings. The monoisotopic (exact) mass is 277 g/mol. The lowest BCUT2D eigenvalue weighted by Crippen LogP contribution is -2.05. The molecular formula is C8H8INO2. The number of carbonyl (C=O) groups is 1. The largest absolute Gasteiger partial charge is 0.428 e. The standard InChI is InChI=1S/C8H8INO2/c1-6(11)10-7-2-4-8(12-9)5-3-7/h2-5H,1H3,(H,10,11). The predicted molar refractivity (Wildman–Crippen MR) is 55.4 cm³/mol. The molecule has 0 fully saturated rings. The van der Waals surface area contributed by atoms with Crippen molar-refractivity contribution in [2.24, 2.45) is 0 Å². The van der Waals surface area contributed by atoms with Crippen molar-refractivity contribution in [1.82, 2.24) is 0 Å². The van der Waals surface area contributed by atoms with Crippen LogP contribution in [0.5, 0.6) is 5.75 Å². The van der Waals surface area contributed by atoms with E-state index in [1.165, 1.54) is 6.92 Å². The summed E-state index contributed by atoms with van der Waals surface area (Å²) in [6.07, 6.45) is 0. The van der Waals surface area contributed by atoms with Gasteiger partial charge in [-0.2, -0.15) is 0 Å². The van der Waals surface area contributed by atoms with Crippen LogP contribution in [0, 0.1) is 0 Å². The van der Waals surface area contributed by atoms with Crippen molar-refractivity contribution in [2.45, 2.75) is 6.92 Å². The highest BCUT2D eigenvalue weighted by Crippen LogP contribution is 2.16. The van der Waals surface area contributed by atoms with E-state index in [9.17, 15) is 4.79 Å². The topological polar surface area (TPSA) is 38.3 Å². The number of amides is 1. The molecule has 0 aliphatic carbocycles. The van der Waals surface area contributed by atoms with Crippen molar-refractivity contribution >= 4 is 34.6 Å². The van der Waals surface area contributed by atoms with Crippen LogP contribution >= 0.6 is 23.0 Å². The molecule has 0 atom stereocenters. The fraction of sp³-hybridized carbons (Fsp3) is 0.125. The minimum absolute atomic E-state index is 0.0712. The van der Waals surface area contributed by atoms with Crippen LogP contribution < -0.4 is 8.38 Å². The quantitative estimate of drug-likeness (QED) is 0.843. The van der Waals surface area contributed by atoms with Gasteiger partial charge in [-0.15, -0.1) is 0 Å². The lowest BCUT2D eigenvalue weighted by Gasteiger charge is -2.01. The Labute approximate surface area is 84.8 Å². The van der Waals surface area contributed by atoms with Crippen LogP contribution in [0.1, 0.15) is 6.92 Å². The van der Waals surface area contributed by atoms with Crippen LogP contribution in [0.4, 0.5) is 5.69 Å². The first-order valence-corrected chi connectivity index (χ1v) is 4.26. The minimum atomic E-state index is -0.0712. The highest BCUT2D eigenvalue weighted by molar-refractivity contribution is 14.1. The van der Waals surface area contributed by atoms with Gasteiger partial charge in [0.25, 0.3) is 0 Å². The summed E-state index contributed by atoms with van der Waals surface area (Å²) in [4.78, 5) is 10.6. The number of hydrogen-bond acceptors (Lipinski definition) is 2.